The van der Waals surface area contributed by atoms with Crippen LogP contribution in [0, 0.1) is 0 Å². The van der Waals surface area contributed by atoms with Crippen molar-refractivity contribution >= 4 is 28.1 Å². The Labute approximate surface area is 176 Å². The molecular formula is C19H29FN6O3S. The number of piperidine rings is 1. The predicted octanol–water partition coefficient (Wildman–Crippen LogP) is 0.902. The lowest BCUT2D eigenvalue weighted by Crippen LogP contribution is -2.48. The van der Waals surface area contributed by atoms with Crippen molar-refractivity contribution in [2.75, 3.05) is 36.9 Å². The van der Waals surface area contributed by atoms with E-state index in [0.29, 0.717) is 63.5 Å². The van der Waals surface area contributed by atoms with Crippen LogP contribution in [0.4, 0.5) is 16.2 Å². The van der Waals surface area contributed by atoms with E-state index >= 15 is 0 Å². The fourth-order valence-corrected chi connectivity index (χ4v) is 5.38. The van der Waals surface area contributed by atoms with Gasteiger partial charge in [-0.3, -0.25) is 0 Å². The molecule has 30 heavy (non-hydrogen) atoms. The highest BCUT2D eigenvalue weighted by atomic mass is 32.2. The minimum Gasteiger partial charge on any atom is -0.393 e. The van der Waals surface area contributed by atoms with Crippen LogP contribution in [-0.4, -0.2) is 78.8 Å². The zero-order valence-electron chi connectivity index (χ0n) is 17.0. The smallest absolute Gasteiger partial charge is 0.279 e. The maximum atomic E-state index is 14.6. The molecule has 1 aliphatic carbocycles. The van der Waals surface area contributed by atoms with Crippen LogP contribution in [0.3, 0.4) is 0 Å². The number of hydrogen-bond donors (Lipinski definition) is 3. The molecule has 0 bridgehead atoms. The Balaban J connectivity index is 1.46. The average molecular weight is 441 g/mol. The Morgan fingerprint density at radius 3 is 2.73 bits per heavy atom. The van der Waals surface area contributed by atoms with E-state index in [1.54, 1.807) is 6.20 Å². The summed E-state index contributed by atoms with van der Waals surface area (Å²) in [6.45, 7) is 1.38. The SMILES string of the molecule is CNS(=O)(=O)N1CCC(Nc2ncc3c(n2)N([C@@H]2C[C@@H](O)CC[C@H]2F)CC=C3)CC1. The molecule has 0 amide bonds. The Morgan fingerprint density at radius 1 is 1.23 bits per heavy atom. The molecule has 2 fully saturated rings. The molecule has 9 nitrogen and oxygen atoms in total. The zero-order valence-corrected chi connectivity index (χ0v) is 17.9. The standard InChI is InChI=1S/C19H29FN6O3S/c1-21-30(28,29)25-9-6-14(7-10-25)23-19-22-12-13-3-2-8-26(18(13)24-19)17-11-15(27)4-5-16(17)20/h2-3,12,14-17,21,27H,4-11H2,1H3,(H,22,23,24)/t15-,16+,17+/m0/s1. The Bertz CT molecular complexity index is 890. The molecule has 3 atom stereocenters. The Morgan fingerprint density at radius 2 is 2.00 bits per heavy atom. The highest BCUT2D eigenvalue weighted by Crippen LogP contribution is 2.33. The number of aliphatic hydroxyl groups excluding tert-OH is 1. The van der Waals surface area contributed by atoms with Gasteiger partial charge in [0.2, 0.25) is 5.95 Å². The monoisotopic (exact) mass is 440 g/mol. The number of hydrogen-bond acceptors (Lipinski definition) is 7. The first-order valence-corrected chi connectivity index (χ1v) is 11.9. The summed E-state index contributed by atoms with van der Waals surface area (Å²) in [6, 6.07) is -0.348. The number of nitrogens with one attached hydrogen (secondary N) is 2. The van der Waals surface area contributed by atoms with Crippen LogP contribution in [0.15, 0.2) is 12.3 Å². The van der Waals surface area contributed by atoms with Gasteiger partial charge < -0.3 is 15.3 Å². The van der Waals surface area contributed by atoms with Crippen LogP contribution in [0.5, 0.6) is 0 Å². The van der Waals surface area contributed by atoms with Gasteiger partial charge in [-0.25, -0.2) is 14.1 Å². The van der Waals surface area contributed by atoms with Crippen LogP contribution in [-0.2, 0) is 10.2 Å². The van der Waals surface area contributed by atoms with E-state index in [4.69, 9.17) is 0 Å². The third kappa shape index (κ3) is 4.43. The van der Waals surface area contributed by atoms with Crippen LogP contribution in [0.1, 0.15) is 37.7 Å². The second-order valence-corrected chi connectivity index (χ2v) is 9.98. The number of aliphatic hydroxyl groups is 1. The Hall–Kier alpha value is -1.82. The molecule has 1 aromatic rings. The molecule has 4 rings (SSSR count). The van der Waals surface area contributed by atoms with Crippen molar-refractivity contribution in [3.63, 3.8) is 0 Å². The summed E-state index contributed by atoms with van der Waals surface area (Å²) >= 11 is 0. The van der Waals surface area contributed by atoms with Crippen molar-refractivity contribution in [3.05, 3.63) is 17.8 Å². The molecule has 0 radical (unpaired) electrons. The number of halogens is 1. The van der Waals surface area contributed by atoms with Gasteiger partial charge in [0.25, 0.3) is 10.2 Å². The number of nitrogens with zero attached hydrogens (tertiary/aromatic N) is 4. The van der Waals surface area contributed by atoms with Crippen LogP contribution >= 0.6 is 0 Å². The summed E-state index contributed by atoms with van der Waals surface area (Å²) < 4.78 is 42.3. The zero-order chi connectivity index (χ0) is 21.3. The molecule has 3 N–H and O–H groups in total. The molecule has 1 saturated carbocycles. The van der Waals surface area contributed by atoms with Crippen molar-refractivity contribution in [1.29, 1.82) is 0 Å². The number of aromatic nitrogens is 2. The summed E-state index contributed by atoms with van der Waals surface area (Å²) in [5, 5.41) is 13.3. The van der Waals surface area contributed by atoms with Gasteiger partial charge in [-0.05, 0) is 32.1 Å². The molecule has 0 aromatic carbocycles. The van der Waals surface area contributed by atoms with Crippen molar-refractivity contribution in [1.82, 2.24) is 19.0 Å². The van der Waals surface area contributed by atoms with Crippen LogP contribution < -0.4 is 14.9 Å². The van der Waals surface area contributed by atoms with E-state index in [0.717, 1.165) is 5.56 Å². The van der Waals surface area contributed by atoms with Gasteiger partial charge in [0.1, 0.15) is 12.0 Å². The molecule has 11 heteroatoms. The molecular weight excluding hydrogens is 411 g/mol. The molecule has 3 aliphatic rings. The summed E-state index contributed by atoms with van der Waals surface area (Å²) in [4.78, 5) is 11.0. The quantitative estimate of drug-likeness (QED) is 0.624. The molecule has 1 saturated heterocycles. The summed E-state index contributed by atoms with van der Waals surface area (Å²) in [5.74, 6) is 1.13. The lowest BCUT2D eigenvalue weighted by molar-refractivity contribution is 0.0768. The van der Waals surface area contributed by atoms with Gasteiger partial charge in [-0.2, -0.15) is 17.7 Å². The normalized spacial score (nSPS) is 28.4. The lowest BCUT2D eigenvalue weighted by atomic mass is 9.89. The van der Waals surface area contributed by atoms with Crippen LogP contribution in [0.2, 0.25) is 0 Å². The molecule has 0 unspecified atom stereocenters. The summed E-state index contributed by atoms with van der Waals surface area (Å²) in [7, 11) is -1.99. The minimum absolute atomic E-state index is 0.0596. The summed E-state index contributed by atoms with van der Waals surface area (Å²) in [5.41, 5.74) is 0.828. The van der Waals surface area contributed by atoms with Gasteiger partial charge in [0.15, 0.2) is 0 Å². The van der Waals surface area contributed by atoms with E-state index in [-0.39, 0.29) is 6.04 Å². The molecule has 3 heterocycles. The van der Waals surface area contributed by atoms with Gasteiger partial charge in [0, 0.05) is 44.5 Å². The van der Waals surface area contributed by atoms with Crippen molar-refractivity contribution in [2.24, 2.45) is 0 Å². The fourth-order valence-electron chi connectivity index (χ4n) is 4.43. The van der Waals surface area contributed by atoms with E-state index in [9.17, 15) is 17.9 Å². The van der Waals surface area contributed by atoms with E-state index in [2.05, 4.69) is 20.0 Å². The first-order valence-electron chi connectivity index (χ1n) is 10.4. The van der Waals surface area contributed by atoms with E-state index < -0.39 is 28.5 Å². The third-order valence-corrected chi connectivity index (χ3v) is 7.72. The maximum absolute atomic E-state index is 14.6. The third-order valence-electron chi connectivity index (χ3n) is 6.16. The first kappa shape index (κ1) is 21.4. The topological polar surface area (TPSA) is 111 Å². The molecule has 0 spiro atoms. The Kier molecular flexibility index (Phi) is 6.24. The van der Waals surface area contributed by atoms with E-state index in [1.807, 2.05) is 17.1 Å². The number of rotatable bonds is 5. The highest BCUT2D eigenvalue weighted by Gasteiger charge is 2.36. The molecule has 166 valence electrons. The maximum Gasteiger partial charge on any atom is 0.279 e. The lowest BCUT2D eigenvalue weighted by Gasteiger charge is -2.40. The largest absolute Gasteiger partial charge is 0.393 e. The van der Waals surface area contributed by atoms with Crippen LogP contribution in [0.25, 0.3) is 6.08 Å². The van der Waals surface area contributed by atoms with Gasteiger partial charge in [-0.15, -0.1) is 0 Å². The molecule has 1 aromatic heterocycles. The molecule has 2 aliphatic heterocycles. The highest BCUT2D eigenvalue weighted by molar-refractivity contribution is 7.87. The second kappa shape index (κ2) is 8.74. The van der Waals surface area contributed by atoms with Crippen molar-refractivity contribution in [2.45, 2.75) is 56.5 Å². The first-order chi connectivity index (χ1) is 14.4. The fraction of sp³-hybridized carbons (Fsp3) is 0.684. The van der Waals surface area contributed by atoms with E-state index in [1.165, 1.54) is 11.4 Å². The average Bonchev–Trinajstić information content (AvgIpc) is 2.75. The summed E-state index contributed by atoms with van der Waals surface area (Å²) in [6.07, 6.45) is 6.65. The van der Waals surface area contributed by atoms with Crippen molar-refractivity contribution in [3.8, 4) is 0 Å². The predicted molar refractivity (Wildman–Crippen MR) is 113 cm³/mol. The van der Waals surface area contributed by atoms with Crippen molar-refractivity contribution < 1.29 is 17.9 Å². The van der Waals surface area contributed by atoms with Gasteiger partial charge in [0.05, 0.1) is 12.1 Å². The number of alkyl halides is 1. The number of fused-ring (bicyclic) bond motifs is 1. The van der Waals surface area contributed by atoms with Gasteiger partial charge in [-0.1, -0.05) is 12.2 Å². The van der Waals surface area contributed by atoms with Gasteiger partial charge >= 0.3 is 0 Å². The minimum atomic E-state index is -3.41. The number of anilines is 2. The second-order valence-electron chi connectivity index (χ2n) is 8.10.